The summed E-state index contributed by atoms with van der Waals surface area (Å²) in [6.45, 7) is 9.16. The Labute approximate surface area is 195 Å². The zero-order valence-electron chi connectivity index (χ0n) is 19.7. The number of anilines is 1. The van der Waals surface area contributed by atoms with E-state index in [0.29, 0.717) is 6.61 Å². The van der Waals surface area contributed by atoms with Crippen LogP contribution in [0.5, 0.6) is 5.75 Å². The van der Waals surface area contributed by atoms with Crippen LogP contribution in [0.3, 0.4) is 0 Å². The number of halogens is 1. The highest BCUT2D eigenvalue weighted by Gasteiger charge is 2.46. The van der Waals surface area contributed by atoms with Crippen molar-refractivity contribution in [3.05, 3.63) is 95.3 Å². The molecule has 1 heterocycles. The lowest BCUT2D eigenvalue weighted by atomic mass is 9.87. The van der Waals surface area contributed by atoms with Gasteiger partial charge in [-0.1, -0.05) is 42.5 Å². The highest BCUT2D eigenvalue weighted by molar-refractivity contribution is 5.54. The van der Waals surface area contributed by atoms with Crippen molar-refractivity contribution in [1.29, 1.82) is 0 Å². The van der Waals surface area contributed by atoms with Crippen LogP contribution in [0, 0.1) is 5.82 Å². The van der Waals surface area contributed by atoms with Crippen LogP contribution in [0.1, 0.15) is 50.5 Å². The fraction of sp³-hybridized carbons (Fsp3) is 0.357. The highest BCUT2D eigenvalue weighted by Crippen LogP contribution is 2.45. The molecule has 3 aromatic carbocycles. The molecule has 0 aromatic heterocycles. The largest absolute Gasteiger partial charge is 0.485 e. The van der Waals surface area contributed by atoms with Crippen LogP contribution in [0.15, 0.2) is 72.8 Å². The first-order valence-corrected chi connectivity index (χ1v) is 11.4. The smallest absolute Gasteiger partial charge is 0.132 e. The van der Waals surface area contributed by atoms with E-state index in [4.69, 9.17) is 14.2 Å². The Hall–Kier alpha value is -2.89. The lowest BCUT2D eigenvalue weighted by Crippen LogP contribution is -2.51. The van der Waals surface area contributed by atoms with Crippen molar-refractivity contribution >= 4 is 5.69 Å². The van der Waals surface area contributed by atoms with Gasteiger partial charge in [-0.05, 0) is 69.2 Å². The van der Waals surface area contributed by atoms with Crippen molar-refractivity contribution in [2.24, 2.45) is 0 Å². The van der Waals surface area contributed by atoms with Crippen LogP contribution in [-0.2, 0) is 22.6 Å². The van der Waals surface area contributed by atoms with E-state index in [9.17, 15) is 4.39 Å². The highest BCUT2D eigenvalue weighted by atomic mass is 19.1. The first-order chi connectivity index (χ1) is 15.8. The molecular weight excluding hydrogens is 417 g/mol. The molecule has 0 bridgehead atoms. The summed E-state index contributed by atoms with van der Waals surface area (Å²) in [6.07, 6.45) is -0.640. The van der Waals surface area contributed by atoms with Crippen molar-refractivity contribution in [3.8, 4) is 5.75 Å². The van der Waals surface area contributed by atoms with E-state index in [1.807, 2.05) is 58.0 Å². The molecule has 33 heavy (non-hydrogen) atoms. The average molecular weight is 450 g/mol. The lowest BCUT2D eigenvalue weighted by Gasteiger charge is -2.45. The van der Waals surface area contributed by atoms with E-state index in [-0.39, 0.29) is 24.1 Å². The number of hydrogen-bond acceptors (Lipinski definition) is 4. The Kier molecular flexibility index (Phi) is 7.01. The molecule has 0 saturated heterocycles. The van der Waals surface area contributed by atoms with E-state index < -0.39 is 5.60 Å². The van der Waals surface area contributed by atoms with E-state index in [2.05, 4.69) is 23.5 Å². The first-order valence-electron chi connectivity index (χ1n) is 11.4. The van der Waals surface area contributed by atoms with Gasteiger partial charge in [-0.25, -0.2) is 4.39 Å². The van der Waals surface area contributed by atoms with Gasteiger partial charge in [0.05, 0.1) is 12.7 Å². The minimum atomic E-state index is -0.606. The third-order valence-electron chi connectivity index (χ3n) is 5.75. The minimum absolute atomic E-state index is 0.00889. The molecule has 1 aliphatic rings. The maximum atomic E-state index is 13.3. The van der Waals surface area contributed by atoms with Crippen LogP contribution in [0.4, 0.5) is 10.1 Å². The van der Waals surface area contributed by atoms with Gasteiger partial charge in [-0.2, -0.15) is 0 Å². The van der Waals surface area contributed by atoms with Gasteiger partial charge in [0.2, 0.25) is 0 Å². The fourth-order valence-corrected chi connectivity index (χ4v) is 4.14. The van der Waals surface area contributed by atoms with Gasteiger partial charge in [0.25, 0.3) is 0 Å². The van der Waals surface area contributed by atoms with Crippen molar-refractivity contribution in [1.82, 2.24) is 0 Å². The van der Waals surface area contributed by atoms with Crippen LogP contribution < -0.4 is 10.1 Å². The summed E-state index contributed by atoms with van der Waals surface area (Å²) >= 11 is 0. The second kappa shape index (κ2) is 9.94. The molecule has 0 aliphatic carbocycles. The molecule has 5 heteroatoms. The van der Waals surface area contributed by atoms with E-state index >= 15 is 0 Å². The summed E-state index contributed by atoms with van der Waals surface area (Å²) in [4.78, 5) is 0. The molecule has 1 aliphatic heterocycles. The number of ether oxygens (including phenoxy) is 3. The maximum absolute atomic E-state index is 13.3. The Morgan fingerprint density at radius 2 is 1.70 bits per heavy atom. The summed E-state index contributed by atoms with van der Waals surface area (Å²) in [5.74, 6) is 0.545. The molecule has 2 atom stereocenters. The number of rotatable bonds is 8. The van der Waals surface area contributed by atoms with E-state index in [0.717, 1.165) is 29.1 Å². The molecule has 3 aromatic rings. The second-order valence-corrected chi connectivity index (χ2v) is 9.26. The summed E-state index contributed by atoms with van der Waals surface area (Å²) in [5, 5.41) is 3.50. The molecule has 2 unspecified atom stereocenters. The van der Waals surface area contributed by atoms with Crippen molar-refractivity contribution < 1.29 is 18.6 Å². The van der Waals surface area contributed by atoms with Gasteiger partial charge < -0.3 is 19.5 Å². The quantitative estimate of drug-likeness (QED) is 0.417. The zero-order valence-corrected chi connectivity index (χ0v) is 19.7. The standard InChI is InChI=1S/C28H32FNO3/c1-19(2)32-26-24-16-23(30-17-20-8-6-5-7-9-20)14-15-25(24)33-28(3,4)27(26)31-18-21-10-12-22(29)13-11-21/h5-16,19,26-27,30H,17-18H2,1-4H3. The number of nitrogens with one attached hydrogen (secondary N) is 1. The molecule has 0 radical (unpaired) electrons. The van der Waals surface area contributed by atoms with Crippen molar-refractivity contribution in [3.63, 3.8) is 0 Å². The zero-order chi connectivity index (χ0) is 23.4. The molecule has 4 nitrogen and oxygen atoms in total. The van der Waals surface area contributed by atoms with E-state index in [1.165, 1.54) is 17.7 Å². The summed E-state index contributed by atoms with van der Waals surface area (Å²) in [7, 11) is 0. The Morgan fingerprint density at radius 3 is 2.39 bits per heavy atom. The normalized spacial score (nSPS) is 19.1. The molecule has 0 saturated carbocycles. The maximum Gasteiger partial charge on any atom is 0.132 e. The molecule has 0 amide bonds. The summed E-state index contributed by atoms with van der Waals surface area (Å²) < 4.78 is 32.4. The van der Waals surface area contributed by atoms with Crippen LogP contribution in [-0.4, -0.2) is 17.8 Å². The minimum Gasteiger partial charge on any atom is -0.485 e. The SMILES string of the molecule is CC(C)OC1c2cc(NCc3ccccc3)ccc2OC(C)(C)C1OCc1ccc(F)cc1. The van der Waals surface area contributed by atoms with Crippen LogP contribution in [0.25, 0.3) is 0 Å². The molecule has 0 spiro atoms. The third kappa shape index (κ3) is 5.73. The van der Waals surface area contributed by atoms with Gasteiger partial charge in [0.1, 0.15) is 29.4 Å². The van der Waals surface area contributed by atoms with E-state index in [1.54, 1.807) is 12.1 Å². The Balaban J connectivity index is 1.58. The van der Waals surface area contributed by atoms with Gasteiger partial charge >= 0.3 is 0 Å². The van der Waals surface area contributed by atoms with Gasteiger partial charge in [0.15, 0.2) is 0 Å². The molecule has 1 N–H and O–H groups in total. The third-order valence-corrected chi connectivity index (χ3v) is 5.75. The monoisotopic (exact) mass is 449 g/mol. The van der Waals surface area contributed by atoms with Crippen LogP contribution in [0.2, 0.25) is 0 Å². The predicted molar refractivity (Wildman–Crippen MR) is 129 cm³/mol. The number of fused-ring (bicyclic) bond motifs is 1. The number of hydrogen-bond donors (Lipinski definition) is 1. The Morgan fingerprint density at radius 1 is 0.970 bits per heavy atom. The average Bonchev–Trinajstić information content (AvgIpc) is 2.78. The summed E-state index contributed by atoms with van der Waals surface area (Å²) in [6, 6.07) is 22.8. The molecule has 0 fully saturated rings. The summed E-state index contributed by atoms with van der Waals surface area (Å²) in [5.41, 5.74) is 3.47. The fourth-order valence-electron chi connectivity index (χ4n) is 4.14. The molecule has 4 rings (SSSR count). The van der Waals surface area contributed by atoms with Crippen molar-refractivity contribution in [2.75, 3.05) is 5.32 Å². The Bertz CT molecular complexity index is 1050. The van der Waals surface area contributed by atoms with Crippen molar-refractivity contribution in [2.45, 2.75) is 64.8 Å². The van der Waals surface area contributed by atoms with Gasteiger partial charge in [-0.3, -0.25) is 0 Å². The lowest BCUT2D eigenvalue weighted by molar-refractivity contribution is -0.177. The predicted octanol–water partition coefficient (Wildman–Crippen LogP) is 6.66. The number of benzene rings is 3. The van der Waals surface area contributed by atoms with Gasteiger partial charge in [0, 0.05) is 17.8 Å². The molecular formula is C28H32FNO3. The molecule has 174 valence electrons. The van der Waals surface area contributed by atoms with Gasteiger partial charge in [-0.15, -0.1) is 0 Å². The van der Waals surface area contributed by atoms with Crippen LogP contribution >= 0.6 is 0 Å². The second-order valence-electron chi connectivity index (χ2n) is 9.26. The first kappa shape index (κ1) is 23.3. The topological polar surface area (TPSA) is 39.7 Å².